The summed E-state index contributed by atoms with van der Waals surface area (Å²) in [6.45, 7) is 2.35. The maximum atomic E-state index is 13.9. The molecule has 0 bridgehead atoms. The second-order valence-corrected chi connectivity index (χ2v) is 16.7. The number of H-pyrrole nitrogens is 2. The number of nitrogens with one attached hydrogen (secondary N) is 2. The highest BCUT2D eigenvalue weighted by atomic mass is 79.9. The van der Waals surface area contributed by atoms with Gasteiger partial charge >= 0.3 is 5.97 Å². The Balaban J connectivity index is 0.992. The number of carboxylic acid groups (broad SMARTS) is 1. The third-order valence-corrected chi connectivity index (χ3v) is 13.2. The topological polar surface area (TPSA) is 144 Å². The number of phenolic OH excluding ortho intramolecular Hbond substituents is 1. The number of amides is 1. The van der Waals surface area contributed by atoms with Crippen LogP contribution >= 0.6 is 37.5 Å². The molecule has 1 unspecified atom stereocenters. The number of phenols is 1. The minimum atomic E-state index is -0.783. The van der Waals surface area contributed by atoms with Gasteiger partial charge in [-0.2, -0.15) is 0 Å². The zero-order valence-electron chi connectivity index (χ0n) is 29.0. The molecule has 12 heteroatoms. The highest BCUT2D eigenvalue weighted by molar-refractivity contribution is 9.09. The maximum absolute atomic E-state index is 13.9. The average molecular weight is 813 g/mol. The highest BCUT2D eigenvalue weighted by Gasteiger charge is 2.35. The standard InChI is InChI=1S/C41H38BrN3O6S2/c1-2-25(41(50)51)22-53-52-12-11-29(46)15-23-7-9-32-26(13-23)17-34(43-32)38(48)16-24-8-10-33-27(14-24)18-35(44-33)40(49)45-21-28(20-42)39-31-6-4-3-5-30(31)37(47)19-36(39)45/h3-10,13-14,17-19,25,28,43-44,47H,2,11-12,15-16,20-22H2,1H3,(H,50,51)/t25-,28?/m0/s1. The maximum Gasteiger partial charge on any atom is 0.307 e. The number of hydrogen-bond donors (Lipinski definition) is 4. The van der Waals surface area contributed by atoms with E-state index in [0.717, 1.165) is 49.3 Å². The molecular weight excluding hydrogens is 775 g/mol. The molecule has 272 valence electrons. The second-order valence-electron chi connectivity index (χ2n) is 13.5. The molecule has 4 aromatic carbocycles. The summed E-state index contributed by atoms with van der Waals surface area (Å²) in [5.74, 6) is 0.0715. The molecular formula is C41H38BrN3O6S2. The van der Waals surface area contributed by atoms with E-state index in [1.165, 1.54) is 21.6 Å². The van der Waals surface area contributed by atoms with E-state index in [-0.39, 0.29) is 41.5 Å². The third kappa shape index (κ3) is 7.76. The average Bonchev–Trinajstić information content (AvgIpc) is 3.88. The predicted molar refractivity (Wildman–Crippen MR) is 218 cm³/mol. The number of fused-ring (bicyclic) bond motifs is 5. The van der Waals surface area contributed by atoms with Gasteiger partial charge in [0, 0.05) is 81.8 Å². The van der Waals surface area contributed by atoms with E-state index >= 15 is 0 Å². The van der Waals surface area contributed by atoms with Crippen molar-refractivity contribution in [3.8, 4) is 5.75 Å². The van der Waals surface area contributed by atoms with E-state index in [4.69, 9.17) is 0 Å². The Labute approximate surface area is 322 Å². The smallest absolute Gasteiger partial charge is 0.307 e. The van der Waals surface area contributed by atoms with Crippen LogP contribution in [0.2, 0.25) is 0 Å². The molecule has 2 aromatic heterocycles. The Bertz CT molecular complexity index is 2390. The number of carbonyl (C=O) groups is 4. The fraction of sp³-hybridized carbons (Fsp3) is 0.268. The van der Waals surface area contributed by atoms with E-state index in [0.29, 0.717) is 59.7 Å². The number of ketones is 2. The number of alkyl halides is 1. The summed E-state index contributed by atoms with van der Waals surface area (Å²) < 4.78 is 0. The number of hydrogen-bond acceptors (Lipinski definition) is 7. The van der Waals surface area contributed by atoms with Gasteiger partial charge in [-0.3, -0.25) is 19.2 Å². The quantitative estimate of drug-likeness (QED) is 0.0348. The van der Waals surface area contributed by atoms with Gasteiger partial charge in [0.05, 0.1) is 17.3 Å². The first-order valence-corrected chi connectivity index (χ1v) is 21.1. The number of Topliss-reactive ketones (excluding diaryl/α,β-unsaturated/α-hetero) is 2. The number of aromatic amines is 2. The van der Waals surface area contributed by atoms with Crippen LogP contribution in [0.4, 0.5) is 5.69 Å². The normalized spacial score (nSPS) is 14.6. The number of nitrogens with zero attached hydrogens (tertiary/aromatic N) is 1. The van der Waals surface area contributed by atoms with Crippen LogP contribution < -0.4 is 4.90 Å². The molecule has 53 heavy (non-hydrogen) atoms. The number of aliphatic carboxylic acids is 1. The first-order valence-electron chi connectivity index (χ1n) is 17.5. The monoisotopic (exact) mass is 811 g/mol. The fourth-order valence-electron chi connectivity index (χ4n) is 7.05. The van der Waals surface area contributed by atoms with Crippen molar-refractivity contribution in [2.24, 2.45) is 5.92 Å². The molecule has 0 saturated carbocycles. The van der Waals surface area contributed by atoms with E-state index in [1.54, 1.807) is 11.0 Å². The second kappa shape index (κ2) is 15.8. The Hall–Kier alpha value is -4.52. The zero-order valence-corrected chi connectivity index (χ0v) is 32.2. The first kappa shape index (κ1) is 36.8. The Morgan fingerprint density at radius 2 is 1.53 bits per heavy atom. The van der Waals surface area contributed by atoms with E-state index in [1.807, 2.05) is 79.7 Å². The van der Waals surface area contributed by atoms with Crippen LogP contribution in [0.25, 0.3) is 32.6 Å². The summed E-state index contributed by atoms with van der Waals surface area (Å²) in [7, 11) is 3.03. The molecule has 0 spiro atoms. The lowest BCUT2D eigenvalue weighted by Crippen LogP contribution is -2.30. The van der Waals surface area contributed by atoms with Gasteiger partial charge in [-0.1, -0.05) is 80.8 Å². The molecule has 0 fully saturated rings. The first-order chi connectivity index (χ1) is 25.6. The number of aromatic nitrogens is 2. The predicted octanol–water partition coefficient (Wildman–Crippen LogP) is 9.07. The van der Waals surface area contributed by atoms with Gasteiger partial charge in [0.2, 0.25) is 0 Å². The van der Waals surface area contributed by atoms with Gasteiger partial charge in [-0.05, 0) is 64.9 Å². The largest absolute Gasteiger partial charge is 0.507 e. The molecule has 1 aliphatic heterocycles. The lowest BCUT2D eigenvalue weighted by Gasteiger charge is -2.17. The summed E-state index contributed by atoms with van der Waals surface area (Å²) in [5.41, 5.74) is 5.97. The van der Waals surface area contributed by atoms with Crippen molar-refractivity contribution in [3.63, 3.8) is 0 Å². The van der Waals surface area contributed by atoms with Crippen LogP contribution in [0, 0.1) is 5.92 Å². The van der Waals surface area contributed by atoms with Crippen molar-refractivity contribution in [3.05, 3.63) is 107 Å². The molecule has 3 heterocycles. The molecule has 4 N–H and O–H groups in total. The number of aromatic hydroxyl groups is 1. The van der Waals surface area contributed by atoms with Crippen molar-refractivity contribution in [2.45, 2.75) is 38.5 Å². The Kier molecular flexibility index (Phi) is 11.0. The van der Waals surface area contributed by atoms with E-state index < -0.39 is 5.97 Å². The number of halogens is 1. The Morgan fingerprint density at radius 3 is 2.21 bits per heavy atom. The number of rotatable bonds is 15. The lowest BCUT2D eigenvalue weighted by molar-refractivity contribution is -0.141. The van der Waals surface area contributed by atoms with Gasteiger partial charge in [-0.15, -0.1) is 0 Å². The van der Waals surface area contributed by atoms with E-state index in [9.17, 15) is 29.4 Å². The molecule has 7 rings (SSSR count). The molecule has 1 aliphatic rings. The minimum absolute atomic E-state index is 0.0748. The van der Waals surface area contributed by atoms with Crippen LogP contribution in [0.5, 0.6) is 5.75 Å². The van der Waals surface area contributed by atoms with Gasteiger partial charge in [0.1, 0.15) is 17.2 Å². The van der Waals surface area contributed by atoms with Crippen LogP contribution in [-0.2, 0) is 22.4 Å². The fourth-order valence-corrected chi connectivity index (χ4v) is 10.0. The number of carbonyl (C=O) groups excluding carboxylic acids is 3. The number of anilines is 1. The molecule has 1 amide bonds. The van der Waals surface area contributed by atoms with Crippen molar-refractivity contribution in [2.75, 3.05) is 28.3 Å². The summed E-state index contributed by atoms with van der Waals surface area (Å²) in [6.07, 6.45) is 1.46. The molecule has 6 aromatic rings. The molecule has 0 radical (unpaired) electrons. The van der Waals surface area contributed by atoms with Gasteiger partial charge < -0.3 is 25.1 Å². The van der Waals surface area contributed by atoms with Gasteiger partial charge in [0.15, 0.2) is 5.78 Å². The van der Waals surface area contributed by atoms with Gasteiger partial charge in [0.25, 0.3) is 5.91 Å². The van der Waals surface area contributed by atoms with Crippen LogP contribution in [0.3, 0.4) is 0 Å². The van der Waals surface area contributed by atoms with Crippen LogP contribution in [0.1, 0.15) is 63.4 Å². The minimum Gasteiger partial charge on any atom is -0.507 e. The third-order valence-electron chi connectivity index (χ3n) is 9.90. The summed E-state index contributed by atoms with van der Waals surface area (Å²) in [6, 6.07) is 24.5. The van der Waals surface area contributed by atoms with Crippen LogP contribution in [-0.4, -0.2) is 67.0 Å². The van der Waals surface area contributed by atoms with Crippen molar-refractivity contribution in [1.82, 2.24) is 9.97 Å². The molecule has 0 saturated heterocycles. The number of carboxylic acids is 1. The summed E-state index contributed by atoms with van der Waals surface area (Å²) >= 11 is 3.63. The lowest BCUT2D eigenvalue weighted by atomic mass is 9.95. The summed E-state index contributed by atoms with van der Waals surface area (Å²) in [5, 5.41) is 24.1. The molecule has 2 atom stereocenters. The van der Waals surface area contributed by atoms with Crippen molar-refractivity contribution >= 4 is 99.2 Å². The molecule has 9 nitrogen and oxygen atoms in total. The van der Waals surface area contributed by atoms with Crippen LogP contribution in [0.15, 0.2) is 78.9 Å². The zero-order chi connectivity index (χ0) is 37.2. The Morgan fingerprint density at radius 1 is 0.868 bits per heavy atom. The highest BCUT2D eigenvalue weighted by Crippen LogP contribution is 2.45. The van der Waals surface area contributed by atoms with Crippen molar-refractivity contribution < 1.29 is 29.4 Å². The van der Waals surface area contributed by atoms with Crippen molar-refractivity contribution in [1.29, 1.82) is 0 Å². The summed E-state index contributed by atoms with van der Waals surface area (Å²) in [4.78, 5) is 59.4. The van der Waals surface area contributed by atoms with E-state index in [2.05, 4.69) is 25.9 Å². The molecule has 0 aliphatic carbocycles. The van der Waals surface area contributed by atoms with Gasteiger partial charge in [-0.25, -0.2) is 0 Å². The SMILES string of the molecule is CC[C@@H](CSSCCC(=O)Cc1ccc2[nH]c(C(=O)Cc3ccc4[nH]c(C(=O)N5CC(CBr)c6c5cc(O)c5ccccc65)cc4c3)cc2c1)C(=O)O. The number of benzene rings is 4.